The Kier molecular flexibility index (Phi) is 3.92. The molecular formula is C16H18N2O3. The van der Waals surface area contributed by atoms with E-state index in [4.69, 9.17) is 9.57 Å². The van der Waals surface area contributed by atoms with Crippen LogP contribution in [-0.2, 0) is 9.63 Å². The quantitative estimate of drug-likeness (QED) is 0.846. The van der Waals surface area contributed by atoms with Gasteiger partial charge in [-0.3, -0.25) is 0 Å². The van der Waals surface area contributed by atoms with Crippen LogP contribution < -0.4 is 15.5 Å². The second-order valence-corrected chi connectivity index (χ2v) is 5.07. The lowest BCUT2D eigenvalue weighted by Gasteiger charge is -2.13. The molecule has 0 saturated carbocycles. The fraction of sp³-hybridized carbons (Fsp3) is 0.312. The van der Waals surface area contributed by atoms with Gasteiger partial charge in [0.15, 0.2) is 0 Å². The Bertz CT molecular complexity index is 651. The molecule has 1 atom stereocenters. The van der Waals surface area contributed by atoms with Crippen LogP contribution in [0.3, 0.4) is 0 Å². The molecule has 0 aromatic heterocycles. The van der Waals surface area contributed by atoms with Gasteiger partial charge in [0.25, 0.3) is 0 Å². The molecule has 1 unspecified atom stereocenters. The van der Waals surface area contributed by atoms with Crippen molar-refractivity contribution in [3.05, 3.63) is 36.4 Å². The van der Waals surface area contributed by atoms with Gasteiger partial charge in [0, 0.05) is 11.5 Å². The molecule has 1 fully saturated rings. The van der Waals surface area contributed by atoms with Gasteiger partial charge in [0.2, 0.25) is 0 Å². The lowest BCUT2D eigenvalue weighted by molar-refractivity contribution is -0.142. The van der Waals surface area contributed by atoms with Crippen molar-refractivity contribution in [2.45, 2.75) is 18.9 Å². The number of carbonyl (C=O) groups excluding carboxylic acids is 1. The molecule has 0 aliphatic carbocycles. The fourth-order valence-corrected chi connectivity index (χ4v) is 2.57. The minimum atomic E-state index is -0.278. The zero-order chi connectivity index (χ0) is 14.7. The molecule has 5 nitrogen and oxygen atoms in total. The molecule has 5 heteroatoms. The molecular weight excluding hydrogens is 268 g/mol. The molecule has 21 heavy (non-hydrogen) atoms. The number of benzene rings is 2. The van der Waals surface area contributed by atoms with Gasteiger partial charge in [-0.25, -0.2) is 10.3 Å². The van der Waals surface area contributed by atoms with E-state index < -0.39 is 0 Å². The average Bonchev–Trinajstić information content (AvgIpc) is 3.06. The first-order valence-electron chi connectivity index (χ1n) is 7.05. The third-order valence-electron chi connectivity index (χ3n) is 3.66. The number of anilines is 1. The second-order valence-electron chi connectivity index (χ2n) is 5.07. The van der Waals surface area contributed by atoms with E-state index in [1.54, 1.807) is 7.11 Å². The monoisotopic (exact) mass is 286 g/mol. The second kappa shape index (κ2) is 6.01. The van der Waals surface area contributed by atoms with Gasteiger partial charge >= 0.3 is 5.97 Å². The van der Waals surface area contributed by atoms with E-state index in [0.717, 1.165) is 35.9 Å². The standard InChI is InChI=1S/C16H18N2O3/c1-20-15-10-12(9-11-5-2-3-6-13(11)15)18-21-16(19)14-7-4-8-17-14/h2-3,5-6,9-10,14,17-18H,4,7-8H2,1H3. The summed E-state index contributed by atoms with van der Waals surface area (Å²) in [5.41, 5.74) is 3.41. The molecule has 2 aromatic rings. The molecule has 0 spiro atoms. The minimum absolute atomic E-state index is 0.208. The number of fused-ring (bicyclic) bond motifs is 1. The first-order valence-corrected chi connectivity index (χ1v) is 7.05. The lowest BCUT2D eigenvalue weighted by atomic mass is 10.1. The SMILES string of the molecule is COc1cc(NOC(=O)C2CCCN2)cc2ccccc12. The van der Waals surface area contributed by atoms with Crippen LogP contribution in [0.25, 0.3) is 10.8 Å². The number of nitrogens with one attached hydrogen (secondary N) is 2. The molecule has 110 valence electrons. The number of hydrogen-bond donors (Lipinski definition) is 2. The van der Waals surface area contributed by atoms with Gasteiger partial charge in [0.1, 0.15) is 11.8 Å². The number of rotatable bonds is 4. The largest absolute Gasteiger partial charge is 0.496 e. The van der Waals surface area contributed by atoms with Crippen molar-refractivity contribution in [2.24, 2.45) is 0 Å². The van der Waals surface area contributed by atoms with E-state index in [2.05, 4.69) is 10.8 Å². The summed E-state index contributed by atoms with van der Waals surface area (Å²) in [6, 6.07) is 11.4. The van der Waals surface area contributed by atoms with Gasteiger partial charge in [-0.15, -0.1) is 0 Å². The van der Waals surface area contributed by atoms with Crippen molar-refractivity contribution in [3.8, 4) is 5.75 Å². The molecule has 0 amide bonds. The highest BCUT2D eigenvalue weighted by Crippen LogP contribution is 2.29. The minimum Gasteiger partial charge on any atom is -0.496 e. The van der Waals surface area contributed by atoms with Crippen LogP contribution in [0.2, 0.25) is 0 Å². The highest BCUT2D eigenvalue weighted by Gasteiger charge is 2.23. The van der Waals surface area contributed by atoms with Gasteiger partial charge in [-0.2, -0.15) is 0 Å². The highest BCUT2D eigenvalue weighted by molar-refractivity contribution is 5.91. The molecule has 3 rings (SSSR count). The summed E-state index contributed by atoms with van der Waals surface area (Å²) < 4.78 is 5.38. The number of hydrogen-bond acceptors (Lipinski definition) is 5. The maximum Gasteiger partial charge on any atom is 0.348 e. The Morgan fingerprint density at radius 3 is 2.95 bits per heavy atom. The van der Waals surface area contributed by atoms with Gasteiger partial charge in [-0.05, 0) is 30.8 Å². The van der Waals surface area contributed by atoms with E-state index in [1.165, 1.54) is 0 Å². The van der Waals surface area contributed by atoms with Gasteiger partial charge in [-0.1, -0.05) is 24.3 Å². The van der Waals surface area contributed by atoms with Crippen molar-refractivity contribution in [2.75, 3.05) is 19.1 Å². The zero-order valence-corrected chi connectivity index (χ0v) is 11.9. The topological polar surface area (TPSA) is 59.6 Å². The van der Waals surface area contributed by atoms with Crippen molar-refractivity contribution in [3.63, 3.8) is 0 Å². The Morgan fingerprint density at radius 2 is 2.19 bits per heavy atom. The molecule has 0 bridgehead atoms. The van der Waals surface area contributed by atoms with Crippen LogP contribution in [0, 0.1) is 0 Å². The summed E-state index contributed by atoms with van der Waals surface area (Å²) in [6.07, 6.45) is 1.82. The average molecular weight is 286 g/mol. The van der Waals surface area contributed by atoms with E-state index in [-0.39, 0.29) is 12.0 Å². The van der Waals surface area contributed by atoms with Crippen LogP contribution >= 0.6 is 0 Å². The van der Waals surface area contributed by atoms with Crippen LogP contribution in [0.1, 0.15) is 12.8 Å². The molecule has 2 aromatic carbocycles. The maximum atomic E-state index is 11.9. The Morgan fingerprint density at radius 1 is 1.33 bits per heavy atom. The van der Waals surface area contributed by atoms with Crippen LogP contribution in [0.15, 0.2) is 36.4 Å². The van der Waals surface area contributed by atoms with Crippen molar-refractivity contribution < 1.29 is 14.4 Å². The first kappa shape index (κ1) is 13.7. The third kappa shape index (κ3) is 2.92. The summed E-state index contributed by atoms with van der Waals surface area (Å²) in [7, 11) is 1.63. The van der Waals surface area contributed by atoms with Crippen molar-refractivity contribution >= 4 is 22.4 Å². The summed E-state index contributed by atoms with van der Waals surface area (Å²) >= 11 is 0. The molecule has 1 heterocycles. The molecule has 0 radical (unpaired) electrons. The van der Waals surface area contributed by atoms with Crippen LogP contribution in [0.4, 0.5) is 5.69 Å². The molecule has 2 N–H and O–H groups in total. The van der Waals surface area contributed by atoms with Gasteiger partial charge in [0.05, 0.1) is 12.8 Å². The molecule has 1 aliphatic heterocycles. The number of ether oxygens (including phenoxy) is 1. The fourth-order valence-electron chi connectivity index (χ4n) is 2.57. The molecule has 1 saturated heterocycles. The normalized spacial score (nSPS) is 17.7. The number of carbonyl (C=O) groups is 1. The lowest BCUT2D eigenvalue weighted by Crippen LogP contribution is -2.33. The van der Waals surface area contributed by atoms with Crippen molar-refractivity contribution in [1.82, 2.24) is 5.32 Å². The predicted octanol–water partition coefficient (Wildman–Crippen LogP) is 2.47. The number of methoxy groups -OCH3 is 1. The summed E-state index contributed by atoms with van der Waals surface area (Å²) in [6.45, 7) is 0.865. The summed E-state index contributed by atoms with van der Waals surface area (Å²) in [4.78, 5) is 17.0. The van der Waals surface area contributed by atoms with Crippen LogP contribution in [0.5, 0.6) is 5.75 Å². The summed E-state index contributed by atoms with van der Waals surface area (Å²) in [5.74, 6) is 0.463. The predicted molar refractivity (Wildman–Crippen MR) is 81.2 cm³/mol. The first-order chi connectivity index (χ1) is 10.3. The third-order valence-corrected chi connectivity index (χ3v) is 3.66. The highest BCUT2D eigenvalue weighted by atomic mass is 16.7. The van der Waals surface area contributed by atoms with E-state index in [0.29, 0.717) is 5.69 Å². The Hall–Kier alpha value is -2.27. The van der Waals surface area contributed by atoms with E-state index in [9.17, 15) is 4.79 Å². The Labute approximate surface area is 123 Å². The van der Waals surface area contributed by atoms with E-state index in [1.807, 2.05) is 36.4 Å². The zero-order valence-electron chi connectivity index (χ0n) is 11.9. The molecule has 1 aliphatic rings. The summed E-state index contributed by atoms with van der Waals surface area (Å²) in [5, 5.41) is 5.15. The van der Waals surface area contributed by atoms with Crippen LogP contribution in [-0.4, -0.2) is 25.7 Å². The smallest absolute Gasteiger partial charge is 0.348 e. The van der Waals surface area contributed by atoms with E-state index >= 15 is 0 Å². The van der Waals surface area contributed by atoms with Gasteiger partial charge < -0.3 is 14.9 Å². The Balaban J connectivity index is 1.76. The van der Waals surface area contributed by atoms with Crippen molar-refractivity contribution in [1.29, 1.82) is 0 Å². The maximum absolute atomic E-state index is 11.9.